The van der Waals surface area contributed by atoms with Gasteiger partial charge in [0, 0.05) is 174 Å². The minimum atomic E-state index is -1.11. The molecule has 0 fully saturated rings. The number of hydrogen-bond donors (Lipinski definition) is 10. The van der Waals surface area contributed by atoms with Crippen molar-refractivity contribution in [1.82, 2.24) is 19.6 Å². The Kier molecular flexibility index (Phi) is 101. The Morgan fingerprint density at radius 3 is 0.482 bits per heavy atom. The van der Waals surface area contributed by atoms with Gasteiger partial charge in [-0.3, -0.25) is 30.0 Å². The largest absolute Gasteiger partial charge is 2.00 e. The molecule has 5 radical (unpaired) electrons. The second kappa shape index (κ2) is 71.7. The van der Waals surface area contributed by atoms with Crippen LogP contribution in [0.4, 0.5) is 0 Å². The average molecular weight is 1960 g/mol. The molecule has 0 saturated heterocycles. The molecule has 0 aliphatic carbocycles. The van der Waals surface area contributed by atoms with E-state index in [4.69, 9.17) is 50.1 Å². The van der Waals surface area contributed by atoms with E-state index in [1.807, 2.05) is 173 Å². The maximum atomic E-state index is 9.81. The fraction of sp³-hybridized carbons (Fsp3) is 0.925. The van der Waals surface area contributed by atoms with Gasteiger partial charge in [0.2, 0.25) is 0 Å². The summed E-state index contributed by atoms with van der Waals surface area (Å²) in [6, 6.07) is 0.549. The number of aliphatic hydroxyl groups is 10. The SMILES string of the molecule is CC(C)C(C)(O)C=NC(C)(C)C.CC(C)C(C)(O)C=NC(C)(C)C.CC(C)N=CC(C)(C)O.CC(C)N=CC(C)(C)O.CN(C)CC(C)(C)O.CN(C)CC(C)(C)O.CN(C)CC(C)(C)O.CN(C)CC(C)(C)O.CN=CC(C)(C)O.CN=CC(C)(C)O.C[Si](C)(C)[N-][Si](C)(C)C.C[Si](C)(C)[N-][Si](C)(C)C.[Co+2].[Co].[Co].[Cu].[Cu].[Ni]. The van der Waals surface area contributed by atoms with Gasteiger partial charge in [0.25, 0.3) is 0 Å². The minimum absolute atomic E-state index is 0. The number of nitrogens with zero attached hydrogens (tertiary/aromatic N) is 12. The van der Waals surface area contributed by atoms with E-state index in [1.54, 1.807) is 164 Å². The molecule has 22 nitrogen and oxygen atoms in total. The molecule has 0 spiro atoms. The molecule has 112 heavy (non-hydrogen) atoms. The molecule has 0 aromatic rings. The molecule has 0 aromatic carbocycles. The van der Waals surface area contributed by atoms with Gasteiger partial charge in [-0.2, -0.15) is 0 Å². The Bertz CT molecular complexity index is 2040. The zero-order chi connectivity index (χ0) is 89.3. The van der Waals surface area contributed by atoms with E-state index < -0.39 is 89.0 Å². The van der Waals surface area contributed by atoms with Crippen molar-refractivity contribution in [3.63, 3.8) is 0 Å². The van der Waals surface area contributed by atoms with Crippen LogP contribution in [-0.4, -0.2) is 317 Å². The standard InChI is InChI=1S/2C10H21NO.2C7H15NO.4C6H15NO.2C6H18NSi2.2C5H11NO.3Co.2Cu.Ni/c2*1-8(2)10(6,12)7-11-9(3,4)5;2*1-6(2)8-5-7(3,4)9;4*1-6(2,8)5-7(3)4;2*1-8(2,3)7-9(4,5)6;2*1-5(2,7)4-6-3;;;;;;/h2*7-8,12H,1-6H3;2*5-6,9H,1-4H3;4*8H,5H2,1-4H3;2*1-6H3;2*4,7H,1-3H3;;;;;;/q;;;;;;;;2*-1;;;;;+2;;;. The third-order valence-corrected chi connectivity index (χ3v) is 20.9. The summed E-state index contributed by atoms with van der Waals surface area (Å²) in [6.45, 7) is 89.8. The predicted molar refractivity (Wildman–Crippen MR) is 488 cm³/mol. The van der Waals surface area contributed by atoms with Gasteiger partial charge in [0.05, 0.1) is 67.1 Å². The van der Waals surface area contributed by atoms with Gasteiger partial charge in [0.15, 0.2) is 0 Å². The molecule has 0 amide bonds. The van der Waals surface area contributed by atoms with E-state index in [9.17, 15) is 10.2 Å². The second-order valence-corrected chi connectivity index (χ2v) is 60.0. The van der Waals surface area contributed by atoms with Crippen LogP contribution in [-0.2, 0) is 101 Å². The van der Waals surface area contributed by atoms with Crippen molar-refractivity contribution in [1.29, 1.82) is 0 Å². The maximum absolute atomic E-state index is 9.81. The molecular weight excluding hydrogens is 1760 g/mol. The van der Waals surface area contributed by atoms with Crippen molar-refractivity contribution in [3.05, 3.63) is 9.30 Å². The average Bonchev–Trinajstić information content (AvgIpc) is 0.905. The molecular formula is C80H190Co3Cu2N12NiO10Si4. The summed E-state index contributed by atoms with van der Waals surface area (Å²) in [6.07, 6.45) is 9.42. The van der Waals surface area contributed by atoms with Crippen LogP contribution >= 0.6 is 0 Å². The van der Waals surface area contributed by atoms with E-state index in [2.05, 4.69) is 109 Å². The third-order valence-electron chi connectivity index (χ3n) is 10.2. The summed E-state index contributed by atoms with van der Waals surface area (Å²) in [5.74, 6) is 0.396. The smallest absolute Gasteiger partial charge is 0.668 e. The van der Waals surface area contributed by atoms with E-state index in [0.29, 0.717) is 26.2 Å². The first-order chi connectivity index (χ1) is 45.3. The Hall–Kier alpha value is 1.30. The second-order valence-electron chi connectivity index (χ2n) is 40.9. The van der Waals surface area contributed by atoms with Gasteiger partial charge in [-0.05, 0) is 262 Å². The Balaban J connectivity index is -0.0000000537. The Morgan fingerprint density at radius 2 is 0.446 bits per heavy atom. The number of hydrogen-bond acceptors (Lipinski definition) is 20. The first kappa shape index (κ1) is 157. The molecule has 32 heteroatoms. The molecule has 2 unspecified atom stereocenters. The first-order valence-corrected chi connectivity index (χ1v) is 51.5. The molecule has 0 aromatic heterocycles. The van der Waals surface area contributed by atoms with Crippen LogP contribution in [0, 0.1) is 11.8 Å². The van der Waals surface area contributed by atoms with Gasteiger partial charge in [-0.25, -0.2) is 0 Å². The molecule has 2 atom stereocenters. The summed E-state index contributed by atoms with van der Waals surface area (Å²) in [5, 5.41) is 92.2. The predicted octanol–water partition coefficient (Wildman–Crippen LogP) is 15.2. The number of rotatable bonds is 22. The van der Waals surface area contributed by atoms with E-state index in [1.165, 1.54) is 12.4 Å². The molecule has 0 rings (SSSR count). The zero-order valence-electron chi connectivity index (χ0n) is 82.4. The molecule has 0 saturated carbocycles. The van der Waals surface area contributed by atoms with Crippen LogP contribution < -0.4 is 0 Å². The third kappa shape index (κ3) is 215. The van der Waals surface area contributed by atoms with Crippen molar-refractivity contribution in [2.75, 3.05) is 96.7 Å². The molecule has 705 valence electrons. The summed E-state index contributed by atoms with van der Waals surface area (Å²) in [4.78, 5) is 31.7. The van der Waals surface area contributed by atoms with Gasteiger partial charge >= 0.3 is 16.8 Å². The van der Waals surface area contributed by atoms with E-state index >= 15 is 0 Å². The van der Waals surface area contributed by atoms with Crippen molar-refractivity contribution in [2.45, 2.75) is 379 Å². The fourth-order valence-corrected chi connectivity index (χ4v) is 23.4. The van der Waals surface area contributed by atoms with E-state index in [-0.39, 0.29) is 136 Å². The fourth-order valence-electron chi connectivity index (χ4n) is 7.35. The van der Waals surface area contributed by atoms with Crippen LogP contribution in [0.2, 0.25) is 78.6 Å². The van der Waals surface area contributed by atoms with Crippen LogP contribution in [0.15, 0.2) is 30.0 Å². The Morgan fingerprint density at radius 1 is 0.304 bits per heavy atom. The monoisotopic (exact) mass is 1950 g/mol. The summed E-state index contributed by atoms with van der Waals surface area (Å²) >= 11 is 0. The van der Waals surface area contributed by atoms with Gasteiger partial charge in [0.1, 0.15) is 0 Å². The van der Waals surface area contributed by atoms with Gasteiger partial charge in [-0.15, -0.1) is 0 Å². The quantitative estimate of drug-likeness (QED) is 0.0356. The molecule has 0 aliphatic rings. The van der Waals surface area contributed by atoms with Crippen molar-refractivity contribution >= 4 is 70.2 Å². The molecule has 0 bridgehead atoms. The van der Waals surface area contributed by atoms with Crippen LogP contribution in [0.25, 0.3) is 9.30 Å². The van der Waals surface area contributed by atoms with Crippen LogP contribution in [0.3, 0.4) is 0 Å². The maximum Gasteiger partial charge on any atom is 2.00 e. The molecule has 10 N–H and O–H groups in total. The zero-order valence-corrected chi connectivity index (χ0v) is 92.4. The van der Waals surface area contributed by atoms with Crippen molar-refractivity contribution < 1.29 is 152 Å². The minimum Gasteiger partial charge on any atom is -0.668 e. The topological polar surface area (TPSA) is 318 Å². The van der Waals surface area contributed by atoms with E-state index in [0.717, 1.165) is 0 Å². The molecule has 0 heterocycles. The summed E-state index contributed by atoms with van der Waals surface area (Å²) < 4.78 is 9.64. The first-order valence-electron chi connectivity index (χ1n) is 37.7. The number of likely N-dealkylation sites (N-methyl/N-ethyl adjacent to an activating group) is 4. The van der Waals surface area contributed by atoms with Crippen molar-refractivity contribution in [2.24, 2.45) is 41.8 Å². The summed E-state index contributed by atoms with van der Waals surface area (Å²) in [7, 11) is 14.4. The van der Waals surface area contributed by atoms with Crippen molar-refractivity contribution in [3.8, 4) is 0 Å². The Labute approximate surface area is 762 Å². The van der Waals surface area contributed by atoms with Gasteiger partial charge < -0.3 is 80.0 Å². The number of aliphatic imine (C=N–C) groups is 6. The van der Waals surface area contributed by atoms with Crippen LogP contribution in [0.1, 0.15) is 222 Å². The summed E-state index contributed by atoms with van der Waals surface area (Å²) in [5.41, 5.74) is -6.98. The van der Waals surface area contributed by atoms with Gasteiger partial charge in [-0.1, -0.05) is 139 Å². The molecule has 0 aliphatic heterocycles. The normalized spacial score (nSPS) is 13.7. The van der Waals surface area contributed by atoms with Crippen LogP contribution in [0.5, 0.6) is 0 Å².